The third-order valence-electron chi connectivity index (χ3n) is 4.96. The zero-order chi connectivity index (χ0) is 25.0. The molecule has 0 saturated carbocycles. The van der Waals surface area contributed by atoms with Crippen LogP contribution in [-0.4, -0.2) is 60.0 Å². The van der Waals surface area contributed by atoms with E-state index in [1.54, 1.807) is 23.5 Å². The summed E-state index contributed by atoms with van der Waals surface area (Å²) in [5.74, 6) is -5.34. The molecule has 1 aromatic carbocycles. The summed E-state index contributed by atoms with van der Waals surface area (Å²) in [7, 11) is 0. The Balaban J connectivity index is 2.21. The van der Waals surface area contributed by atoms with Crippen LogP contribution in [0.1, 0.15) is 38.3 Å². The van der Waals surface area contributed by atoms with Crippen LogP contribution in [0.15, 0.2) is 30.3 Å². The highest BCUT2D eigenvalue weighted by Gasteiger charge is 2.47. The molecule has 7 nitrogen and oxygen atoms in total. The molecule has 1 fully saturated rings. The minimum atomic E-state index is -5.20. The van der Waals surface area contributed by atoms with Gasteiger partial charge in [-0.05, 0) is 25.3 Å². The Morgan fingerprint density at radius 2 is 1.70 bits per heavy atom. The second kappa shape index (κ2) is 10.4. The monoisotopic (exact) mass is 484 g/mol. The predicted molar refractivity (Wildman–Crippen MR) is 100 cm³/mol. The topological polar surface area (TPSA) is 84.9 Å². The Morgan fingerprint density at radius 3 is 2.21 bits per heavy atom. The predicted octanol–water partition coefficient (Wildman–Crippen LogP) is 3.25. The first-order valence-corrected chi connectivity index (χ1v) is 9.83. The van der Waals surface area contributed by atoms with Crippen LogP contribution in [0.4, 0.5) is 26.3 Å². The highest BCUT2D eigenvalue weighted by Crippen LogP contribution is 2.30. The molecule has 0 radical (unpaired) electrons. The van der Waals surface area contributed by atoms with E-state index in [-0.39, 0.29) is 12.8 Å². The van der Waals surface area contributed by atoms with E-state index in [2.05, 4.69) is 0 Å². The summed E-state index contributed by atoms with van der Waals surface area (Å²) in [6, 6.07) is 5.50. The SMILES string of the molecule is CC(=O)OC1O[C@H](CN(C(=O)C(F)(F)F)[C@H](C)c2ccccc2)CC[C@H]1NC(=O)C(F)(F)F. The first-order chi connectivity index (χ1) is 15.2. The average molecular weight is 484 g/mol. The van der Waals surface area contributed by atoms with E-state index in [1.165, 1.54) is 19.1 Å². The standard InChI is InChI=1S/C20H22F6N2O5/c1-11(13-6-4-3-5-7-13)28(18(31)20(24,25)26)10-14-8-9-15(16(33-14)32-12(2)29)27-17(30)19(21,22)23/h3-7,11,14-16H,8-10H2,1-2H3,(H,27,30)/t11-,14+,15-,16?/m1/s1. The molecular weight excluding hydrogens is 462 g/mol. The maximum absolute atomic E-state index is 13.2. The number of nitrogens with one attached hydrogen (secondary N) is 1. The molecule has 0 spiro atoms. The number of nitrogens with zero attached hydrogens (tertiary/aromatic N) is 1. The smallest absolute Gasteiger partial charge is 0.434 e. The van der Waals surface area contributed by atoms with Crippen molar-refractivity contribution in [1.29, 1.82) is 0 Å². The molecule has 33 heavy (non-hydrogen) atoms. The van der Waals surface area contributed by atoms with Gasteiger partial charge in [0.1, 0.15) is 0 Å². The lowest BCUT2D eigenvalue weighted by Gasteiger charge is -2.39. The lowest BCUT2D eigenvalue weighted by molar-refractivity contribution is -0.219. The Bertz CT molecular complexity index is 846. The number of esters is 1. The number of benzene rings is 1. The second-order valence-corrected chi connectivity index (χ2v) is 7.43. The van der Waals surface area contributed by atoms with Crippen LogP contribution < -0.4 is 5.32 Å². The van der Waals surface area contributed by atoms with Gasteiger partial charge in [-0.2, -0.15) is 26.3 Å². The van der Waals surface area contributed by atoms with Crippen molar-refractivity contribution in [3.8, 4) is 0 Å². The van der Waals surface area contributed by atoms with Crippen molar-refractivity contribution < 1.29 is 50.2 Å². The van der Waals surface area contributed by atoms with E-state index < -0.39 is 61.2 Å². The lowest BCUT2D eigenvalue weighted by Crippen LogP contribution is -2.56. The molecule has 0 aliphatic carbocycles. The third kappa shape index (κ3) is 7.34. The fourth-order valence-corrected chi connectivity index (χ4v) is 3.36. The Kier molecular flexibility index (Phi) is 8.33. The van der Waals surface area contributed by atoms with Gasteiger partial charge in [-0.1, -0.05) is 30.3 Å². The van der Waals surface area contributed by atoms with Crippen molar-refractivity contribution in [1.82, 2.24) is 10.2 Å². The first-order valence-electron chi connectivity index (χ1n) is 9.83. The highest BCUT2D eigenvalue weighted by atomic mass is 19.4. The molecule has 0 bridgehead atoms. The number of rotatable bonds is 6. The van der Waals surface area contributed by atoms with Crippen LogP contribution in [0.25, 0.3) is 0 Å². The van der Waals surface area contributed by atoms with Gasteiger partial charge in [-0.3, -0.25) is 14.4 Å². The maximum atomic E-state index is 13.2. The van der Waals surface area contributed by atoms with Crippen molar-refractivity contribution in [3.63, 3.8) is 0 Å². The van der Waals surface area contributed by atoms with Crippen LogP contribution in [0.5, 0.6) is 0 Å². The molecule has 1 N–H and O–H groups in total. The Hall–Kier alpha value is -2.83. The number of hydrogen-bond donors (Lipinski definition) is 1. The first kappa shape index (κ1) is 26.4. The van der Waals surface area contributed by atoms with Gasteiger partial charge in [0.25, 0.3) is 0 Å². The number of carbonyl (C=O) groups excluding carboxylic acids is 3. The van der Waals surface area contributed by atoms with E-state index in [4.69, 9.17) is 9.47 Å². The zero-order valence-corrected chi connectivity index (χ0v) is 17.6. The minimum absolute atomic E-state index is 0.107. The normalized spacial score (nSPS) is 22.2. The van der Waals surface area contributed by atoms with Crippen LogP contribution in [-0.2, 0) is 23.9 Å². The van der Waals surface area contributed by atoms with Crippen LogP contribution >= 0.6 is 0 Å². The summed E-state index contributed by atoms with van der Waals surface area (Å²) in [6.07, 6.45) is -13.5. The van der Waals surface area contributed by atoms with Crippen LogP contribution in [0.2, 0.25) is 0 Å². The number of halogens is 6. The molecule has 1 heterocycles. The summed E-state index contributed by atoms with van der Waals surface area (Å²) in [4.78, 5) is 35.3. The fourth-order valence-electron chi connectivity index (χ4n) is 3.36. The summed E-state index contributed by atoms with van der Waals surface area (Å²) in [5, 5.41) is 1.66. The Labute approximate surface area is 185 Å². The molecule has 4 atom stereocenters. The molecule has 1 aromatic rings. The molecule has 1 saturated heterocycles. The molecule has 2 rings (SSSR count). The van der Waals surface area contributed by atoms with Crippen molar-refractivity contribution in [3.05, 3.63) is 35.9 Å². The largest absolute Gasteiger partial charge is 0.471 e. The van der Waals surface area contributed by atoms with Gasteiger partial charge in [-0.25, -0.2) is 0 Å². The molecule has 1 aliphatic heterocycles. The zero-order valence-electron chi connectivity index (χ0n) is 17.6. The molecule has 1 aliphatic rings. The molecule has 0 aromatic heterocycles. The molecule has 1 unspecified atom stereocenters. The van der Waals surface area contributed by atoms with E-state index in [0.29, 0.717) is 10.5 Å². The minimum Gasteiger partial charge on any atom is -0.434 e. The number of hydrogen-bond acceptors (Lipinski definition) is 5. The molecular formula is C20H22F6N2O5. The van der Waals surface area contributed by atoms with Crippen LogP contribution in [0.3, 0.4) is 0 Å². The van der Waals surface area contributed by atoms with Gasteiger partial charge < -0.3 is 19.7 Å². The number of amides is 2. The summed E-state index contributed by atoms with van der Waals surface area (Å²) in [5.41, 5.74) is 0.415. The van der Waals surface area contributed by atoms with Crippen molar-refractivity contribution in [2.24, 2.45) is 0 Å². The van der Waals surface area contributed by atoms with E-state index >= 15 is 0 Å². The number of alkyl halides is 6. The number of carbonyl (C=O) groups is 3. The van der Waals surface area contributed by atoms with Crippen molar-refractivity contribution in [2.75, 3.05) is 6.54 Å². The van der Waals surface area contributed by atoms with Crippen LogP contribution in [0, 0.1) is 0 Å². The average Bonchev–Trinajstić information content (AvgIpc) is 2.71. The third-order valence-corrected chi connectivity index (χ3v) is 4.96. The fraction of sp³-hybridized carbons (Fsp3) is 0.550. The van der Waals surface area contributed by atoms with Gasteiger partial charge in [0.15, 0.2) is 0 Å². The van der Waals surface area contributed by atoms with E-state index in [0.717, 1.165) is 6.92 Å². The molecule has 2 amide bonds. The van der Waals surface area contributed by atoms with Gasteiger partial charge >= 0.3 is 30.1 Å². The second-order valence-electron chi connectivity index (χ2n) is 7.43. The van der Waals surface area contributed by atoms with E-state index in [9.17, 15) is 40.7 Å². The van der Waals surface area contributed by atoms with Gasteiger partial charge in [0.05, 0.1) is 18.2 Å². The summed E-state index contributed by atoms with van der Waals surface area (Å²) in [6.45, 7) is 1.76. The van der Waals surface area contributed by atoms with Gasteiger partial charge in [0, 0.05) is 13.5 Å². The highest BCUT2D eigenvalue weighted by molar-refractivity contribution is 5.82. The quantitative estimate of drug-likeness (QED) is 0.495. The molecule has 184 valence electrons. The van der Waals surface area contributed by atoms with Crippen molar-refractivity contribution in [2.45, 2.75) is 63.5 Å². The van der Waals surface area contributed by atoms with Crippen molar-refractivity contribution >= 4 is 17.8 Å². The maximum Gasteiger partial charge on any atom is 0.471 e. The van der Waals surface area contributed by atoms with E-state index in [1.807, 2.05) is 0 Å². The van der Waals surface area contributed by atoms with Gasteiger partial charge in [0.2, 0.25) is 6.29 Å². The number of ether oxygens (including phenoxy) is 2. The molecule has 13 heteroatoms. The van der Waals surface area contributed by atoms with Gasteiger partial charge in [-0.15, -0.1) is 0 Å². The summed E-state index contributed by atoms with van der Waals surface area (Å²) < 4.78 is 87.7. The lowest BCUT2D eigenvalue weighted by atomic mass is 10.0. The summed E-state index contributed by atoms with van der Waals surface area (Å²) >= 11 is 0. The Morgan fingerprint density at radius 1 is 1.09 bits per heavy atom.